The smallest absolute Gasteiger partial charge is 0.296 e. The Morgan fingerprint density at radius 1 is 1.06 bits per heavy atom. The predicted octanol–water partition coefficient (Wildman–Crippen LogP) is 4.20. The second-order valence-corrected chi connectivity index (χ2v) is 7.89. The number of amides is 1. The highest BCUT2D eigenvalue weighted by Gasteiger charge is 2.21. The molecule has 3 aromatic rings. The van der Waals surface area contributed by atoms with Gasteiger partial charge in [0, 0.05) is 19.2 Å². The van der Waals surface area contributed by atoms with Gasteiger partial charge in [0.25, 0.3) is 11.5 Å². The summed E-state index contributed by atoms with van der Waals surface area (Å²) in [6.45, 7) is 4.47. The van der Waals surface area contributed by atoms with Crippen molar-refractivity contribution in [3.05, 3.63) is 81.5 Å². The van der Waals surface area contributed by atoms with E-state index in [4.69, 9.17) is 0 Å². The molecule has 0 radical (unpaired) electrons. The average Bonchev–Trinajstić information content (AvgIpc) is 2.81. The predicted molar refractivity (Wildman–Crippen MR) is 122 cm³/mol. The first-order valence-corrected chi connectivity index (χ1v) is 10.8. The van der Waals surface area contributed by atoms with Crippen LogP contribution in [0.5, 0.6) is 5.75 Å². The van der Waals surface area contributed by atoms with Crippen LogP contribution in [-0.4, -0.2) is 20.6 Å². The Balaban J connectivity index is 1.85. The molecule has 0 saturated heterocycles. The lowest BCUT2D eigenvalue weighted by atomic mass is 9.94. The van der Waals surface area contributed by atoms with Gasteiger partial charge < -0.3 is 10.4 Å². The number of rotatable bonds is 8. The minimum atomic E-state index is -0.710. The van der Waals surface area contributed by atoms with Gasteiger partial charge in [0.15, 0.2) is 5.69 Å². The van der Waals surface area contributed by atoms with E-state index in [0.717, 1.165) is 19.3 Å². The number of nitrogens with zero attached hydrogens (tertiary/aromatic N) is 2. The van der Waals surface area contributed by atoms with E-state index >= 15 is 0 Å². The van der Waals surface area contributed by atoms with E-state index in [1.807, 2.05) is 24.3 Å². The van der Waals surface area contributed by atoms with Gasteiger partial charge in [-0.25, -0.2) is 9.37 Å². The van der Waals surface area contributed by atoms with E-state index in [2.05, 4.69) is 24.1 Å². The van der Waals surface area contributed by atoms with Crippen LogP contribution in [0, 0.1) is 11.7 Å². The van der Waals surface area contributed by atoms with Gasteiger partial charge in [0.2, 0.25) is 5.75 Å². The SMILES string of the molecule is CCC(CC)Cc1ccc(-c2nc(C(=O)NCc3ccc(F)cc3)c(O)c(=O)n2C)cc1. The number of aromatic nitrogens is 2. The first-order valence-electron chi connectivity index (χ1n) is 10.8. The number of carbonyl (C=O) groups is 1. The van der Waals surface area contributed by atoms with Crippen LogP contribution >= 0.6 is 0 Å². The van der Waals surface area contributed by atoms with Crippen LogP contribution < -0.4 is 10.9 Å². The van der Waals surface area contributed by atoms with E-state index in [9.17, 15) is 19.1 Å². The summed E-state index contributed by atoms with van der Waals surface area (Å²) < 4.78 is 14.3. The Hall–Kier alpha value is -3.48. The van der Waals surface area contributed by atoms with Crippen molar-refractivity contribution in [2.24, 2.45) is 13.0 Å². The zero-order chi connectivity index (χ0) is 23.3. The van der Waals surface area contributed by atoms with Gasteiger partial charge in [0.05, 0.1) is 0 Å². The van der Waals surface area contributed by atoms with E-state index in [-0.39, 0.29) is 23.9 Å². The molecule has 0 aliphatic carbocycles. The molecular formula is C25H28FN3O3. The number of hydrogen-bond donors (Lipinski definition) is 2. The Morgan fingerprint density at radius 3 is 2.25 bits per heavy atom. The molecule has 0 spiro atoms. The number of halogens is 1. The maximum atomic E-state index is 13.0. The lowest BCUT2D eigenvalue weighted by Gasteiger charge is -2.14. The fourth-order valence-corrected chi connectivity index (χ4v) is 3.58. The van der Waals surface area contributed by atoms with Crippen molar-refractivity contribution in [2.45, 2.75) is 39.7 Å². The highest BCUT2D eigenvalue weighted by Crippen LogP contribution is 2.22. The number of carbonyl (C=O) groups excluding carboxylic acids is 1. The molecule has 0 fully saturated rings. The summed E-state index contributed by atoms with van der Waals surface area (Å²) in [5.74, 6) is -0.863. The highest BCUT2D eigenvalue weighted by atomic mass is 19.1. The lowest BCUT2D eigenvalue weighted by molar-refractivity contribution is 0.0942. The fourth-order valence-electron chi connectivity index (χ4n) is 3.58. The summed E-state index contributed by atoms with van der Waals surface area (Å²) in [5, 5.41) is 12.9. The van der Waals surface area contributed by atoms with Gasteiger partial charge >= 0.3 is 0 Å². The third kappa shape index (κ3) is 5.22. The molecule has 0 saturated carbocycles. The lowest BCUT2D eigenvalue weighted by Crippen LogP contribution is -2.29. The Morgan fingerprint density at radius 2 is 1.66 bits per heavy atom. The number of benzene rings is 2. The van der Waals surface area contributed by atoms with Gasteiger partial charge in [-0.05, 0) is 35.6 Å². The summed E-state index contributed by atoms with van der Waals surface area (Å²) in [6, 6.07) is 13.4. The Bertz CT molecular complexity index is 1130. The van der Waals surface area contributed by atoms with Gasteiger partial charge in [0.1, 0.15) is 11.6 Å². The van der Waals surface area contributed by atoms with Crippen LogP contribution in [-0.2, 0) is 20.0 Å². The second-order valence-electron chi connectivity index (χ2n) is 7.89. The molecule has 0 aliphatic rings. The van der Waals surface area contributed by atoms with Crippen LogP contribution in [0.25, 0.3) is 11.4 Å². The van der Waals surface area contributed by atoms with Crippen LogP contribution in [0.1, 0.15) is 48.3 Å². The maximum Gasteiger partial charge on any atom is 0.296 e. The zero-order valence-electron chi connectivity index (χ0n) is 18.6. The van der Waals surface area contributed by atoms with Crippen molar-refractivity contribution >= 4 is 5.91 Å². The molecule has 1 amide bonds. The molecule has 2 N–H and O–H groups in total. The quantitative estimate of drug-likeness (QED) is 0.553. The van der Waals surface area contributed by atoms with Crippen molar-refractivity contribution in [3.8, 4) is 17.1 Å². The largest absolute Gasteiger partial charge is 0.501 e. The highest BCUT2D eigenvalue weighted by molar-refractivity contribution is 5.95. The number of aromatic hydroxyl groups is 1. The van der Waals surface area contributed by atoms with Gasteiger partial charge in [-0.15, -0.1) is 0 Å². The van der Waals surface area contributed by atoms with E-state index < -0.39 is 17.2 Å². The first-order chi connectivity index (χ1) is 15.3. The zero-order valence-corrected chi connectivity index (χ0v) is 18.6. The molecule has 0 bridgehead atoms. The summed E-state index contributed by atoms with van der Waals surface area (Å²) in [5.41, 5.74) is 1.50. The van der Waals surface area contributed by atoms with Gasteiger partial charge in [-0.2, -0.15) is 0 Å². The maximum absolute atomic E-state index is 13.0. The van der Waals surface area contributed by atoms with Crippen molar-refractivity contribution in [1.29, 1.82) is 0 Å². The molecule has 1 aromatic heterocycles. The molecule has 0 aliphatic heterocycles. The monoisotopic (exact) mass is 437 g/mol. The van der Waals surface area contributed by atoms with Crippen LogP contribution in [0.15, 0.2) is 53.3 Å². The molecule has 6 nitrogen and oxygen atoms in total. The number of nitrogens with one attached hydrogen (secondary N) is 1. The summed E-state index contributed by atoms with van der Waals surface area (Å²) >= 11 is 0. The molecule has 1 heterocycles. The molecule has 7 heteroatoms. The van der Waals surface area contributed by atoms with Crippen LogP contribution in [0.4, 0.5) is 4.39 Å². The molecule has 2 aromatic carbocycles. The van der Waals surface area contributed by atoms with Gasteiger partial charge in [-0.1, -0.05) is 63.1 Å². The average molecular weight is 438 g/mol. The van der Waals surface area contributed by atoms with Gasteiger partial charge in [-0.3, -0.25) is 14.2 Å². The minimum Gasteiger partial charge on any atom is -0.501 e. The first kappa shape index (κ1) is 23.2. The third-order valence-electron chi connectivity index (χ3n) is 5.74. The molecule has 0 atom stereocenters. The Kier molecular flexibility index (Phi) is 7.41. The topological polar surface area (TPSA) is 84.2 Å². The molecule has 32 heavy (non-hydrogen) atoms. The normalized spacial score (nSPS) is 11.0. The fraction of sp³-hybridized carbons (Fsp3) is 0.320. The summed E-state index contributed by atoms with van der Waals surface area (Å²) in [4.78, 5) is 29.5. The summed E-state index contributed by atoms with van der Waals surface area (Å²) in [6.07, 6.45) is 3.21. The van der Waals surface area contributed by atoms with Crippen molar-refractivity contribution in [3.63, 3.8) is 0 Å². The summed E-state index contributed by atoms with van der Waals surface area (Å²) in [7, 11) is 1.50. The van der Waals surface area contributed by atoms with Crippen molar-refractivity contribution in [2.75, 3.05) is 0 Å². The van der Waals surface area contributed by atoms with Crippen LogP contribution in [0.2, 0.25) is 0 Å². The van der Waals surface area contributed by atoms with Crippen molar-refractivity contribution < 1.29 is 14.3 Å². The third-order valence-corrected chi connectivity index (χ3v) is 5.74. The standard InChI is InChI=1S/C25H28FN3O3/c1-4-16(5-2)14-17-6-10-19(11-7-17)23-28-21(22(30)25(32)29(23)3)24(31)27-15-18-8-12-20(26)13-9-18/h6-13,16,30H,4-5,14-15H2,1-3H3,(H,27,31). The van der Waals surface area contributed by atoms with E-state index in [1.165, 1.54) is 29.3 Å². The Labute approximate surface area is 186 Å². The van der Waals surface area contributed by atoms with Crippen molar-refractivity contribution in [1.82, 2.24) is 14.9 Å². The number of hydrogen-bond acceptors (Lipinski definition) is 4. The van der Waals surface area contributed by atoms with E-state index in [1.54, 1.807) is 12.1 Å². The molecule has 0 unspecified atom stereocenters. The molecule has 3 rings (SSSR count). The van der Waals surface area contributed by atoms with E-state index in [0.29, 0.717) is 17.0 Å². The van der Waals surface area contributed by atoms with Crippen LogP contribution in [0.3, 0.4) is 0 Å². The molecule has 168 valence electrons. The molecular weight excluding hydrogens is 409 g/mol. The second kappa shape index (κ2) is 10.2. The minimum absolute atomic E-state index is 0.107.